The second kappa shape index (κ2) is 5.23. The molecule has 0 unspecified atom stereocenters. The van der Waals surface area contributed by atoms with Crippen molar-refractivity contribution in [3.63, 3.8) is 0 Å². The quantitative estimate of drug-likeness (QED) is 0.813. The molecule has 1 atom stereocenters. The lowest BCUT2D eigenvalue weighted by Gasteiger charge is -2.27. The van der Waals surface area contributed by atoms with Crippen molar-refractivity contribution in [2.45, 2.75) is 32.1 Å². The third kappa shape index (κ3) is 2.35. The third-order valence-electron chi connectivity index (χ3n) is 4.36. The maximum atomic E-state index is 12.3. The average Bonchev–Trinajstić information content (AvgIpc) is 2.75. The third-order valence-corrected chi connectivity index (χ3v) is 4.36. The van der Waals surface area contributed by atoms with E-state index in [2.05, 4.69) is 11.0 Å². The van der Waals surface area contributed by atoms with Crippen LogP contribution in [0.25, 0.3) is 0 Å². The van der Waals surface area contributed by atoms with E-state index in [9.17, 15) is 4.79 Å². The Morgan fingerprint density at radius 1 is 1.11 bits per heavy atom. The molecule has 1 fully saturated rings. The second-order valence-electron chi connectivity index (χ2n) is 5.61. The lowest BCUT2D eigenvalue weighted by Crippen LogP contribution is -2.32. The maximum Gasteiger partial charge on any atom is 0.166 e. The van der Waals surface area contributed by atoms with Crippen LogP contribution < -0.4 is 0 Å². The summed E-state index contributed by atoms with van der Waals surface area (Å²) in [4.78, 5) is 14.8. The van der Waals surface area contributed by atoms with Gasteiger partial charge >= 0.3 is 0 Å². The van der Waals surface area contributed by atoms with Crippen molar-refractivity contribution < 1.29 is 4.79 Å². The summed E-state index contributed by atoms with van der Waals surface area (Å²) in [6.45, 7) is 3.56. The standard InChI is InChI=1S/C16H21NO/c18-16-14(8-11-17-9-4-1-5-10-17)12-13-6-2-3-7-15(13)16/h2-3,6-7,14H,1,4-5,8-12H2/t14-/m1/s1. The zero-order valence-corrected chi connectivity index (χ0v) is 10.9. The molecule has 1 aliphatic carbocycles. The molecule has 0 radical (unpaired) electrons. The fourth-order valence-corrected chi connectivity index (χ4v) is 3.27. The van der Waals surface area contributed by atoms with Gasteiger partial charge in [-0.15, -0.1) is 0 Å². The lowest BCUT2D eigenvalue weighted by molar-refractivity contribution is 0.0917. The molecule has 1 saturated heterocycles. The van der Waals surface area contributed by atoms with Crippen LogP contribution in [0.3, 0.4) is 0 Å². The Labute approximate surface area is 109 Å². The fraction of sp³-hybridized carbons (Fsp3) is 0.562. The molecule has 0 bridgehead atoms. The van der Waals surface area contributed by atoms with E-state index in [1.165, 1.54) is 37.9 Å². The summed E-state index contributed by atoms with van der Waals surface area (Å²) in [5.74, 6) is 0.618. The Morgan fingerprint density at radius 3 is 2.67 bits per heavy atom. The first-order valence-corrected chi connectivity index (χ1v) is 7.19. The van der Waals surface area contributed by atoms with Crippen LogP contribution in [0, 0.1) is 5.92 Å². The van der Waals surface area contributed by atoms with Crippen molar-refractivity contribution in [2.24, 2.45) is 5.92 Å². The van der Waals surface area contributed by atoms with E-state index in [4.69, 9.17) is 0 Å². The molecule has 0 N–H and O–H groups in total. The molecular weight excluding hydrogens is 222 g/mol. The molecule has 1 aromatic rings. The highest BCUT2D eigenvalue weighted by atomic mass is 16.1. The van der Waals surface area contributed by atoms with Gasteiger partial charge in [0.15, 0.2) is 5.78 Å². The zero-order valence-electron chi connectivity index (χ0n) is 10.9. The SMILES string of the molecule is O=C1c2ccccc2C[C@H]1CCN1CCCCC1. The predicted octanol–water partition coefficient (Wildman–Crippen LogP) is 2.92. The number of carbonyl (C=O) groups excluding carboxylic acids is 1. The smallest absolute Gasteiger partial charge is 0.166 e. The summed E-state index contributed by atoms with van der Waals surface area (Å²) in [6.07, 6.45) is 6.04. The highest BCUT2D eigenvalue weighted by Gasteiger charge is 2.29. The Balaban J connectivity index is 1.57. The number of nitrogens with zero attached hydrogens (tertiary/aromatic N) is 1. The molecule has 96 valence electrons. The molecule has 2 aliphatic rings. The summed E-state index contributed by atoms with van der Waals surface area (Å²) in [7, 11) is 0. The molecule has 0 saturated carbocycles. The minimum Gasteiger partial charge on any atom is -0.303 e. The Bertz CT molecular complexity index is 434. The van der Waals surface area contributed by atoms with Gasteiger partial charge in [0.2, 0.25) is 0 Å². The summed E-state index contributed by atoms with van der Waals surface area (Å²) in [5.41, 5.74) is 2.23. The second-order valence-corrected chi connectivity index (χ2v) is 5.61. The first kappa shape index (κ1) is 11.9. The minimum atomic E-state index is 0.240. The van der Waals surface area contributed by atoms with Gasteiger partial charge in [-0.2, -0.15) is 0 Å². The first-order chi connectivity index (χ1) is 8.84. The van der Waals surface area contributed by atoms with Gasteiger partial charge < -0.3 is 4.90 Å². The van der Waals surface area contributed by atoms with Crippen molar-refractivity contribution >= 4 is 5.78 Å². The lowest BCUT2D eigenvalue weighted by atomic mass is 10.00. The van der Waals surface area contributed by atoms with Crippen LogP contribution in [0.5, 0.6) is 0 Å². The largest absolute Gasteiger partial charge is 0.303 e. The summed E-state index contributed by atoms with van der Waals surface area (Å²) in [5, 5.41) is 0. The molecule has 2 nitrogen and oxygen atoms in total. The molecule has 18 heavy (non-hydrogen) atoms. The van der Waals surface area contributed by atoms with Crippen LogP contribution in [0.4, 0.5) is 0 Å². The van der Waals surface area contributed by atoms with E-state index in [1.54, 1.807) is 0 Å². The number of piperidine rings is 1. The van der Waals surface area contributed by atoms with Gasteiger partial charge in [0.25, 0.3) is 0 Å². The summed E-state index contributed by atoms with van der Waals surface area (Å²) in [6, 6.07) is 8.11. The van der Waals surface area contributed by atoms with Gasteiger partial charge in [0.05, 0.1) is 0 Å². The van der Waals surface area contributed by atoms with Gasteiger partial charge in [0, 0.05) is 11.5 Å². The van der Waals surface area contributed by atoms with E-state index in [1.807, 2.05) is 18.2 Å². The minimum absolute atomic E-state index is 0.240. The number of hydrogen-bond donors (Lipinski definition) is 0. The predicted molar refractivity (Wildman–Crippen MR) is 72.9 cm³/mol. The fourth-order valence-electron chi connectivity index (χ4n) is 3.27. The van der Waals surface area contributed by atoms with Gasteiger partial charge in [-0.1, -0.05) is 30.7 Å². The number of carbonyl (C=O) groups is 1. The average molecular weight is 243 g/mol. The molecule has 1 aromatic carbocycles. The van der Waals surface area contributed by atoms with E-state index in [0.717, 1.165) is 24.9 Å². The molecule has 1 aliphatic heterocycles. The van der Waals surface area contributed by atoms with E-state index in [-0.39, 0.29) is 5.92 Å². The molecule has 0 aromatic heterocycles. The van der Waals surface area contributed by atoms with Crippen LogP contribution in [0.1, 0.15) is 41.6 Å². The topological polar surface area (TPSA) is 20.3 Å². The van der Waals surface area contributed by atoms with E-state index >= 15 is 0 Å². The number of Topliss-reactive ketones (excluding diaryl/α,β-unsaturated/α-hetero) is 1. The Morgan fingerprint density at radius 2 is 1.89 bits per heavy atom. The molecule has 1 heterocycles. The summed E-state index contributed by atoms with van der Waals surface area (Å²) >= 11 is 0. The van der Waals surface area contributed by atoms with Gasteiger partial charge in [-0.05, 0) is 50.9 Å². The zero-order chi connectivity index (χ0) is 12.4. The molecular formula is C16H21NO. The van der Waals surface area contributed by atoms with Gasteiger partial charge in [-0.25, -0.2) is 0 Å². The van der Waals surface area contributed by atoms with Crippen molar-refractivity contribution in [1.82, 2.24) is 4.90 Å². The number of ketones is 1. The van der Waals surface area contributed by atoms with Crippen LogP contribution >= 0.6 is 0 Å². The first-order valence-electron chi connectivity index (χ1n) is 7.19. The number of likely N-dealkylation sites (tertiary alicyclic amines) is 1. The molecule has 3 rings (SSSR count). The van der Waals surface area contributed by atoms with Gasteiger partial charge in [0.1, 0.15) is 0 Å². The molecule has 0 amide bonds. The van der Waals surface area contributed by atoms with Crippen LogP contribution in [-0.4, -0.2) is 30.3 Å². The van der Waals surface area contributed by atoms with Crippen LogP contribution in [0.15, 0.2) is 24.3 Å². The Hall–Kier alpha value is -1.15. The number of hydrogen-bond acceptors (Lipinski definition) is 2. The highest BCUT2D eigenvalue weighted by molar-refractivity contribution is 6.02. The van der Waals surface area contributed by atoms with E-state index in [0.29, 0.717) is 5.78 Å². The maximum absolute atomic E-state index is 12.3. The van der Waals surface area contributed by atoms with E-state index < -0.39 is 0 Å². The monoisotopic (exact) mass is 243 g/mol. The van der Waals surface area contributed by atoms with Crippen molar-refractivity contribution in [2.75, 3.05) is 19.6 Å². The summed E-state index contributed by atoms with van der Waals surface area (Å²) < 4.78 is 0. The molecule has 0 spiro atoms. The Kier molecular flexibility index (Phi) is 3.46. The number of benzene rings is 1. The van der Waals surface area contributed by atoms with Crippen molar-refractivity contribution in [3.05, 3.63) is 35.4 Å². The van der Waals surface area contributed by atoms with Crippen LogP contribution in [-0.2, 0) is 6.42 Å². The molecule has 2 heteroatoms. The van der Waals surface area contributed by atoms with Gasteiger partial charge in [-0.3, -0.25) is 4.79 Å². The normalized spacial score (nSPS) is 24.2. The number of fused-ring (bicyclic) bond motifs is 1. The highest BCUT2D eigenvalue weighted by Crippen LogP contribution is 2.28. The van der Waals surface area contributed by atoms with Crippen molar-refractivity contribution in [3.8, 4) is 0 Å². The number of rotatable bonds is 3. The van der Waals surface area contributed by atoms with Crippen molar-refractivity contribution in [1.29, 1.82) is 0 Å². The van der Waals surface area contributed by atoms with Crippen LogP contribution in [0.2, 0.25) is 0 Å².